The molecule has 0 fully saturated rings. The molecule has 10 heteroatoms. The zero-order chi connectivity index (χ0) is 18.7. The third kappa shape index (κ3) is 3.91. The Kier molecular flexibility index (Phi) is 5.03. The van der Waals surface area contributed by atoms with Gasteiger partial charge in [0.1, 0.15) is 18.0 Å². The predicted octanol–water partition coefficient (Wildman–Crippen LogP) is 4.91. The molecule has 7 nitrogen and oxygen atoms in total. The highest BCUT2D eigenvalue weighted by Crippen LogP contribution is 2.33. The summed E-state index contributed by atoms with van der Waals surface area (Å²) in [6.45, 7) is 0. The third-order valence-corrected chi connectivity index (χ3v) is 3.82. The predicted molar refractivity (Wildman–Crippen MR) is 95.8 cm³/mol. The van der Waals surface area contributed by atoms with E-state index in [9.17, 15) is 18.9 Å². The van der Waals surface area contributed by atoms with Crippen LogP contribution >= 0.6 is 15.9 Å². The topological polar surface area (TPSA) is 93.0 Å². The van der Waals surface area contributed by atoms with Crippen molar-refractivity contribution in [3.8, 4) is 0 Å². The molecule has 1 heterocycles. The van der Waals surface area contributed by atoms with E-state index in [1.807, 2.05) is 0 Å². The van der Waals surface area contributed by atoms with Crippen molar-refractivity contribution in [3.63, 3.8) is 0 Å². The van der Waals surface area contributed by atoms with Crippen molar-refractivity contribution in [3.05, 3.63) is 75.0 Å². The average Bonchev–Trinajstić information content (AvgIpc) is 2.59. The van der Waals surface area contributed by atoms with Crippen molar-refractivity contribution in [2.24, 2.45) is 0 Å². The molecule has 132 valence electrons. The fraction of sp³-hybridized carbons (Fsp3) is 0. The summed E-state index contributed by atoms with van der Waals surface area (Å²) in [6, 6.07) is 9.71. The van der Waals surface area contributed by atoms with Gasteiger partial charge in [0, 0.05) is 16.2 Å². The van der Waals surface area contributed by atoms with Crippen molar-refractivity contribution in [1.82, 2.24) is 9.97 Å². The first-order valence-corrected chi connectivity index (χ1v) is 7.97. The molecule has 26 heavy (non-hydrogen) atoms. The number of anilines is 4. The molecule has 0 bridgehead atoms. The number of benzene rings is 2. The van der Waals surface area contributed by atoms with Crippen LogP contribution in [0.25, 0.3) is 0 Å². The number of hydrogen-bond donors (Lipinski definition) is 2. The lowest BCUT2D eigenvalue weighted by Gasteiger charge is -2.10. The Morgan fingerprint density at radius 3 is 2.27 bits per heavy atom. The smallest absolute Gasteiger partial charge is 0.334 e. The van der Waals surface area contributed by atoms with Gasteiger partial charge >= 0.3 is 5.69 Å². The zero-order valence-electron chi connectivity index (χ0n) is 12.9. The quantitative estimate of drug-likeness (QED) is 0.448. The highest BCUT2D eigenvalue weighted by atomic mass is 79.9. The van der Waals surface area contributed by atoms with E-state index in [1.54, 1.807) is 24.3 Å². The molecule has 3 rings (SSSR count). The Labute approximate surface area is 154 Å². The van der Waals surface area contributed by atoms with Gasteiger partial charge in [-0.2, -0.15) is 0 Å². The van der Waals surface area contributed by atoms with E-state index in [4.69, 9.17) is 0 Å². The van der Waals surface area contributed by atoms with Crippen LogP contribution < -0.4 is 10.6 Å². The first-order valence-electron chi connectivity index (χ1n) is 7.18. The van der Waals surface area contributed by atoms with Gasteiger partial charge in [-0.15, -0.1) is 0 Å². The van der Waals surface area contributed by atoms with Crippen LogP contribution in [0.3, 0.4) is 0 Å². The van der Waals surface area contributed by atoms with E-state index in [0.717, 1.165) is 22.9 Å². The standard InChI is InChI=1S/C16H10BrF2N5O2/c17-9-1-4-11(5-2-9)22-15-14(24(25)26)16(21-8-20-15)23-13-6-3-10(18)7-12(13)19/h1-8H,(H2,20,21,22,23). The van der Waals surface area contributed by atoms with Crippen molar-refractivity contribution < 1.29 is 13.7 Å². The second kappa shape index (κ2) is 7.40. The van der Waals surface area contributed by atoms with E-state index >= 15 is 0 Å². The molecular formula is C16H10BrF2N5O2. The van der Waals surface area contributed by atoms with Crippen LogP contribution in [0, 0.1) is 21.7 Å². The number of nitrogens with one attached hydrogen (secondary N) is 2. The molecule has 3 aromatic rings. The maximum Gasteiger partial charge on any atom is 0.353 e. The van der Waals surface area contributed by atoms with E-state index in [0.29, 0.717) is 11.8 Å². The van der Waals surface area contributed by atoms with Crippen molar-refractivity contribution >= 4 is 44.6 Å². The molecule has 0 saturated heterocycles. The lowest BCUT2D eigenvalue weighted by atomic mass is 10.3. The molecule has 1 aromatic heterocycles. The second-order valence-electron chi connectivity index (χ2n) is 5.06. The monoisotopic (exact) mass is 421 g/mol. The average molecular weight is 422 g/mol. The maximum absolute atomic E-state index is 13.8. The van der Waals surface area contributed by atoms with E-state index in [2.05, 4.69) is 36.5 Å². The Balaban J connectivity index is 1.98. The van der Waals surface area contributed by atoms with Gasteiger partial charge in [0.15, 0.2) is 0 Å². The summed E-state index contributed by atoms with van der Waals surface area (Å²) < 4.78 is 27.7. The minimum absolute atomic E-state index is 0.0719. The molecule has 0 aliphatic carbocycles. The Bertz CT molecular complexity index is 969. The zero-order valence-corrected chi connectivity index (χ0v) is 14.5. The fourth-order valence-corrected chi connectivity index (χ4v) is 2.39. The largest absolute Gasteiger partial charge is 0.353 e. The number of hydrogen-bond acceptors (Lipinski definition) is 6. The fourth-order valence-electron chi connectivity index (χ4n) is 2.12. The summed E-state index contributed by atoms with van der Waals surface area (Å²) >= 11 is 3.30. The molecule has 0 amide bonds. The van der Waals surface area contributed by atoms with Crippen molar-refractivity contribution in [1.29, 1.82) is 0 Å². The lowest BCUT2D eigenvalue weighted by molar-refractivity contribution is -0.383. The maximum atomic E-state index is 13.8. The van der Waals surface area contributed by atoms with Gasteiger partial charge in [-0.3, -0.25) is 10.1 Å². The van der Waals surface area contributed by atoms with Crippen molar-refractivity contribution in [2.75, 3.05) is 10.6 Å². The number of halogens is 3. The number of rotatable bonds is 5. The van der Waals surface area contributed by atoms with Gasteiger partial charge in [-0.25, -0.2) is 18.7 Å². The van der Waals surface area contributed by atoms with Crippen molar-refractivity contribution in [2.45, 2.75) is 0 Å². The number of nitrogens with zero attached hydrogens (tertiary/aromatic N) is 3. The molecule has 0 radical (unpaired) electrons. The van der Waals surface area contributed by atoms with Crippen LogP contribution in [-0.4, -0.2) is 14.9 Å². The second-order valence-corrected chi connectivity index (χ2v) is 5.97. The van der Waals surface area contributed by atoms with Gasteiger partial charge in [0.05, 0.1) is 10.6 Å². The molecule has 0 atom stereocenters. The van der Waals surface area contributed by atoms with Gasteiger partial charge in [0.2, 0.25) is 11.6 Å². The van der Waals surface area contributed by atoms with Gasteiger partial charge in [0.25, 0.3) is 0 Å². The molecule has 0 saturated carbocycles. The van der Waals surface area contributed by atoms with Crippen LogP contribution in [0.15, 0.2) is 53.3 Å². The third-order valence-electron chi connectivity index (χ3n) is 3.30. The molecular weight excluding hydrogens is 412 g/mol. The minimum Gasteiger partial charge on any atom is -0.334 e. The lowest BCUT2D eigenvalue weighted by Crippen LogP contribution is -2.06. The normalized spacial score (nSPS) is 10.4. The number of aromatic nitrogens is 2. The Hall–Kier alpha value is -3.14. The Morgan fingerprint density at radius 1 is 1.00 bits per heavy atom. The summed E-state index contributed by atoms with van der Waals surface area (Å²) in [4.78, 5) is 18.5. The summed E-state index contributed by atoms with van der Waals surface area (Å²) in [6.07, 6.45) is 1.10. The minimum atomic E-state index is -0.902. The van der Waals surface area contributed by atoms with Crippen LogP contribution in [0.4, 0.5) is 37.5 Å². The van der Waals surface area contributed by atoms with Gasteiger partial charge in [-0.1, -0.05) is 15.9 Å². The summed E-state index contributed by atoms with van der Waals surface area (Å²) in [5.41, 5.74) is -0.0594. The molecule has 2 aromatic carbocycles. The molecule has 0 unspecified atom stereocenters. The molecule has 0 aliphatic heterocycles. The van der Waals surface area contributed by atoms with Crippen LogP contribution in [0.5, 0.6) is 0 Å². The summed E-state index contributed by atoms with van der Waals surface area (Å²) in [7, 11) is 0. The van der Waals surface area contributed by atoms with Crippen LogP contribution in [-0.2, 0) is 0 Å². The van der Waals surface area contributed by atoms with Gasteiger partial charge < -0.3 is 10.6 Å². The molecule has 0 spiro atoms. The van der Waals surface area contributed by atoms with E-state index in [-0.39, 0.29) is 17.3 Å². The first kappa shape index (κ1) is 17.7. The first-order chi connectivity index (χ1) is 12.4. The highest BCUT2D eigenvalue weighted by Gasteiger charge is 2.24. The van der Waals surface area contributed by atoms with Gasteiger partial charge in [-0.05, 0) is 36.4 Å². The summed E-state index contributed by atoms with van der Waals surface area (Å²) in [5, 5.41) is 16.8. The Morgan fingerprint density at radius 2 is 1.65 bits per heavy atom. The van der Waals surface area contributed by atoms with Crippen LogP contribution in [0.2, 0.25) is 0 Å². The number of nitro groups is 1. The highest BCUT2D eigenvalue weighted by molar-refractivity contribution is 9.10. The molecule has 0 aliphatic rings. The van der Waals surface area contributed by atoms with E-state index < -0.39 is 22.2 Å². The summed E-state index contributed by atoms with van der Waals surface area (Å²) in [5.74, 6) is -1.96. The molecule has 2 N–H and O–H groups in total. The van der Waals surface area contributed by atoms with E-state index in [1.165, 1.54) is 0 Å². The van der Waals surface area contributed by atoms with Crippen LogP contribution in [0.1, 0.15) is 0 Å². The SMILES string of the molecule is O=[N+]([O-])c1c(Nc2ccc(Br)cc2)ncnc1Nc1ccc(F)cc1F.